The fourth-order valence-corrected chi connectivity index (χ4v) is 4.82. The third-order valence-electron chi connectivity index (χ3n) is 5.22. The van der Waals surface area contributed by atoms with Crippen LogP contribution in [0.25, 0.3) is 0 Å². The van der Waals surface area contributed by atoms with Crippen molar-refractivity contribution in [3.8, 4) is 0 Å². The topological polar surface area (TPSA) is 140 Å². The van der Waals surface area contributed by atoms with Gasteiger partial charge in [0.15, 0.2) is 0 Å². The van der Waals surface area contributed by atoms with E-state index in [0.717, 1.165) is 25.1 Å². The van der Waals surface area contributed by atoms with Gasteiger partial charge in [0.1, 0.15) is 22.6 Å². The highest BCUT2D eigenvalue weighted by Gasteiger charge is 2.27. The normalized spacial score (nSPS) is 18.3. The average molecular weight is 484 g/mol. The number of anilines is 4. The zero-order valence-corrected chi connectivity index (χ0v) is 19.0. The predicted molar refractivity (Wildman–Crippen MR) is 122 cm³/mol. The van der Waals surface area contributed by atoms with Crippen LogP contribution in [0.2, 0.25) is 0 Å². The Morgan fingerprint density at radius 3 is 2.76 bits per heavy atom. The fourth-order valence-electron chi connectivity index (χ4n) is 3.41. The van der Waals surface area contributed by atoms with Crippen molar-refractivity contribution in [2.45, 2.75) is 30.7 Å². The highest BCUT2D eigenvalue weighted by Crippen LogP contribution is 2.38. The van der Waals surface area contributed by atoms with Crippen LogP contribution in [0.3, 0.4) is 0 Å². The van der Waals surface area contributed by atoms with Crippen molar-refractivity contribution in [1.82, 2.24) is 14.7 Å². The smallest absolute Gasteiger partial charge is 0.146 e. The second-order valence-electron chi connectivity index (χ2n) is 7.27. The van der Waals surface area contributed by atoms with E-state index in [9.17, 15) is 8.76 Å². The number of nitrogens with one attached hydrogen (secondary N) is 3. The first kappa shape index (κ1) is 21.6. The minimum Gasteiger partial charge on any atom is -0.383 e. The summed E-state index contributed by atoms with van der Waals surface area (Å²) in [5.74, 6) is 0.498. The van der Waals surface area contributed by atoms with E-state index < -0.39 is 9.53 Å². The Balaban J connectivity index is 2.16. The predicted octanol–water partition coefficient (Wildman–Crippen LogP) is 2.93. The Morgan fingerprint density at radius 1 is 1.45 bits per heavy atom. The maximum absolute atomic E-state index is 13.0. The standard InChI is InChI=1S/C18H26BrN7O2S/c1-11-5-4-8-26(11)14-7-6-12(29(3,27,28)22-2)9-13(14)25-18-15(16(19)20)17(21)23-10-24-18/h6-7,9-11,20H,4-5,8H2,1-3H3,(H2,22,27,28)(H3,21,23,24,25). The largest absolute Gasteiger partial charge is 0.383 e. The Morgan fingerprint density at radius 2 is 2.17 bits per heavy atom. The lowest BCUT2D eigenvalue weighted by molar-refractivity contribution is 0.508. The van der Waals surface area contributed by atoms with Crippen molar-refractivity contribution in [2.24, 2.45) is 0 Å². The molecule has 1 saturated heterocycles. The van der Waals surface area contributed by atoms with Gasteiger partial charge in [0.25, 0.3) is 0 Å². The van der Waals surface area contributed by atoms with E-state index in [1.165, 1.54) is 19.6 Å². The molecule has 0 spiro atoms. The lowest BCUT2D eigenvalue weighted by Crippen LogP contribution is -2.43. The van der Waals surface area contributed by atoms with Gasteiger partial charge in [0, 0.05) is 25.9 Å². The Kier molecular flexibility index (Phi) is 5.69. The molecule has 158 valence electrons. The number of hydrogen-bond donors (Lipinski definition) is 5. The summed E-state index contributed by atoms with van der Waals surface area (Å²) < 4.78 is 26.2. The van der Waals surface area contributed by atoms with E-state index in [4.69, 9.17) is 11.1 Å². The maximum Gasteiger partial charge on any atom is 0.146 e. The summed E-state index contributed by atoms with van der Waals surface area (Å²) in [4.78, 5) is 10.7. The third-order valence-corrected chi connectivity index (χ3v) is 7.94. The van der Waals surface area contributed by atoms with Gasteiger partial charge in [0.05, 0.1) is 21.8 Å². The van der Waals surface area contributed by atoms with E-state index in [-0.39, 0.29) is 15.3 Å². The van der Waals surface area contributed by atoms with Crippen LogP contribution in [0.1, 0.15) is 25.3 Å². The fraction of sp³-hybridized carbons (Fsp3) is 0.389. The molecule has 1 aliphatic rings. The van der Waals surface area contributed by atoms with Crippen LogP contribution in [0.4, 0.5) is 23.0 Å². The molecule has 11 heteroatoms. The van der Waals surface area contributed by atoms with Gasteiger partial charge in [-0.05, 0) is 53.9 Å². The molecule has 0 radical (unpaired) electrons. The molecule has 6 N–H and O–H groups in total. The number of hydrogen-bond acceptors (Lipinski definition) is 7. The van der Waals surface area contributed by atoms with E-state index in [1.807, 2.05) is 6.07 Å². The van der Waals surface area contributed by atoms with E-state index in [2.05, 4.69) is 47.8 Å². The first-order valence-corrected chi connectivity index (χ1v) is 12.3. The minimum absolute atomic E-state index is 0.0418. The summed E-state index contributed by atoms with van der Waals surface area (Å²) >= 11 is 3.14. The van der Waals surface area contributed by atoms with Crippen molar-refractivity contribution in [1.29, 1.82) is 5.41 Å². The van der Waals surface area contributed by atoms with Gasteiger partial charge in [-0.25, -0.2) is 14.7 Å². The number of halogens is 1. The molecule has 1 aliphatic heterocycles. The lowest BCUT2D eigenvalue weighted by Gasteiger charge is -2.39. The quantitative estimate of drug-likeness (QED) is 0.397. The SMILES string of the molecule is CNS(C)(=O)(O)c1ccc(N2CCCC2C)c(Nc2ncnc(N)c2C(=N)Br)c1. The molecule has 1 atom stereocenters. The summed E-state index contributed by atoms with van der Waals surface area (Å²) in [5.41, 5.74) is 7.75. The molecule has 0 aliphatic carbocycles. The molecule has 29 heavy (non-hydrogen) atoms. The monoisotopic (exact) mass is 483 g/mol. The van der Waals surface area contributed by atoms with E-state index in [0.29, 0.717) is 23.1 Å². The molecule has 2 heterocycles. The van der Waals surface area contributed by atoms with Crippen molar-refractivity contribution in [3.63, 3.8) is 0 Å². The molecular formula is C18H26BrN7O2S. The summed E-state index contributed by atoms with van der Waals surface area (Å²) in [7, 11) is -2.75. The second-order valence-corrected chi connectivity index (χ2v) is 11.5. The molecule has 1 unspecified atom stereocenters. The number of nitrogens with zero attached hydrogens (tertiary/aromatic N) is 3. The van der Waals surface area contributed by atoms with Crippen molar-refractivity contribution >= 4 is 53.1 Å². The van der Waals surface area contributed by atoms with Crippen molar-refractivity contribution < 1.29 is 8.76 Å². The van der Waals surface area contributed by atoms with E-state index >= 15 is 0 Å². The molecule has 9 nitrogen and oxygen atoms in total. The Labute approximate surface area is 178 Å². The molecule has 1 aromatic heterocycles. The molecule has 2 aromatic rings. The van der Waals surface area contributed by atoms with Crippen LogP contribution in [0, 0.1) is 5.41 Å². The molecule has 0 amide bonds. The zero-order chi connectivity index (χ0) is 21.4. The summed E-state index contributed by atoms with van der Waals surface area (Å²) in [6, 6.07) is 5.49. The van der Waals surface area contributed by atoms with E-state index in [1.54, 1.807) is 12.1 Å². The first-order valence-electron chi connectivity index (χ1n) is 9.13. The van der Waals surface area contributed by atoms with Gasteiger partial charge < -0.3 is 16.0 Å². The molecular weight excluding hydrogens is 458 g/mol. The number of benzene rings is 1. The number of aromatic nitrogens is 2. The Hall–Kier alpha value is -2.08. The molecule has 1 fully saturated rings. The average Bonchev–Trinajstić information content (AvgIpc) is 3.07. The minimum atomic E-state index is -4.20. The van der Waals surface area contributed by atoms with Crippen LogP contribution >= 0.6 is 15.9 Å². The zero-order valence-electron chi connectivity index (χ0n) is 16.6. The number of nitrogen functional groups attached to an aromatic ring is 1. The van der Waals surface area contributed by atoms with Crippen LogP contribution < -0.4 is 20.7 Å². The van der Waals surface area contributed by atoms with Crippen LogP contribution in [0.5, 0.6) is 0 Å². The van der Waals surface area contributed by atoms with Crippen molar-refractivity contribution in [3.05, 3.63) is 30.1 Å². The van der Waals surface area contributed by atoms with Crippen molar-refractivity contribution in [2.75, 3.05) is 35.8 Å². The van der Waals surface area contributed by atoms with Gasteiger partial charge >= 0.3 is 0 Å². The maximum atomic E-state index is 13.0. The van der Waals surface area contributed by atoms with Gasteiger partial charge in [-0.2, -0.15) is 4.21 Å². The van der Waals surface area contributed by atoms with Crippen LogP contribution in [-0.2, 0) is 9.53 Å². The highest BCUT2D eigenvalue weighted by atomic mass is 79.9. The third kappa shape index (κ3) is 4.27. The summed E-state index contributed by atoms with van der Waals surface area (Å²) in [5, 5.41) is 11.2. The molecule has 1 aromatic carbocycles. The Bertz CT molecular complexity index is 1020. The van der Waals surface area contributed by atoms with Gasteiger partial charge in [-0.3, -0.25) is 9.96 Å². The first-order chi connectivity index (χ1) is 13.5. The van der Waals surface area contributed by atoms with Gasteiger partial charge in [0.2, 0.25) is 0 Å². The second kappa shape index (κ2) is 7.63. The summed E-state index contributed by atoms with van der Waals surface area (Å²) in [6.07, 6.45) is 4.73. The molecule has 0 bridgehead atoms. The van der Waals surface area contributed by atoms with Crippen LogP contribution in [0.15, 0.2) is 29.4 Å². The highest BCUT2D eigenvalue weighted by molar-refractivity contribution is 9.18. The summed E-state index contributed by atoms with van der Waals surface area (Å²) in [6.45, 7) is 3.04. The number of nitrogens with two attached hydrogens (primary N) is 1. The lowest BCUT2D eigenvalue weighted by atomic mass is 10.2. The van der Waals surface area contributed by atoms with Gasteiger partial charge in [-0.1, -0.05) is 0 Å². The van der Waals surface area contributed by atoms with Gasteiger partial charge in [-0.15, -0.1) is 9.53 Å². The van der Waals surface area contributed by atoms with Crippen LogP contribution in [-0.4, -0.2) is 49.2 Å². The molecule has 0 saturated carbocycles. The number of rotatable bonds is 6. The molecule has 3 rings (SSSR count).